The molecule has 15 heavy (non-hydrogen) atoms. The number of rotatable bonds is 6. The minimum Gasteiger partial charge on any atom is -0.475 e. The largest absolute Gasteiger partial charge is 0.475 e. The summed E-state index contributed by atoms with van der Waals surface area (Å²) >= 11 is 0. The lowest BCUT2D eigenvalue weighted by molar-refractivity contribution is 0.0659. The third-order valence-corrected chi connectivity index (χ3v) is 2.12. The van der Waals surface area contributed by atoms with Gasteiger partial charge in [0.2, 0.25) is 5.76 Å². The molecule has 5 nitrogen and oxygen atoms in total. The number of hydrogen-bond acceptors (Lipinski definition) is 4. The molecule has 0 aliphatic carbocycles. The highest BCUT2D eigenvalue weighted by Crippen LogP contribution is 2.12. The molecule has 0 fully saturated rings. The zero-order chi connectivity index (χ0) is 11.3. The second-order valence-electron chi connectivity index (χ2n) is 3.42. The van der Waals surface area contributed by atoms with Crippen LogP contribution in [0.4, 0.5) is 0 Å². The van der Waals surface area contributed by atoms with E-state index in [0.29, 0.717) is 12.1 Å². The van der Waals surface area contributed by atoms with E-state index in [9.17, 15) is 4.79 Å². The van der Waals surface area contributed by atoms with Crippen molar-refractivity contribution >= 4 is 5.97 Å². The van der Waals surface area contributed by atoms with Gasteiger partial charge in [0.1, 0.15) is 0 Å². The summed E-state index contributed by atoms with van der Waals surface area (Å²) in [5.74, 6) is -0.983. The Morgan fingerprint density at radius 1 is 1.67 bits per heavy atom. The number of hydrogen-bond donors (Lipinski definition) is 2. The Labute approximate surface area is 88.7 Å². The van der Waals surface area contributed by atoms with Crippen molar-refractivity contribution in [3.8, 4) is 0 Å². The number of furan rings is 1. The number of nitrogens with zero attached hydrogens (tertiary/aromatic N) is 1. The fourth-order valence-electron chi connectivity index (χ4n) is 1.32. The fourth-order valence-corrected chi connectivity index (χ4v) is 1.32. The van der Waals surface area contributed by atoms with E-state index in [-0.39, 0.29) is 5.76 Å². The Balaban J connectivity index is 2.56. The molecule has 0 radical (unpaired) electrons. The summed E-state index contributed by atoms with van der Waals surface area (Å²) in [5, 5.41) is 11.9. The van der Waals surface area contributed by atoms with Crippen LogP contribution in [0.2, 0.25) is 0 Å². The minimum absolute atomic E-state index is 0.0336. The molecule has 0 saturated carbocycles. The van der Waals surface area contributed by atoms with Crippen molar-refractivity contribution in [3.05, 3.63) is 23.7 Å². The highest BCUT2D eigenvalue weighted by atomic mass is 16.4. The molecule has 0 atom stereocenters. The number of carbonyl (C=O) groups is 1. The molecule has 0 amide bonds. The Morgan fingerprint density at radius 3 is 3.00 bits per heavy atom. The van der Waals surface area contributed by atoms with Crippen LogP contribution in [-0.2, 0) is 6.54 Å². The smallest absolute Gasteiger partial charge is 0.372 e. The van der Waals surface area contributed by atoms with E-state index < -0.39 is 5.97 Å². The summed E-state index contributed by atoms with van der Waals surface area (Å²) in [5.41, 5.74) is 0.709. The van der Waals surface area contributed by atoms with E-state index >= 15 is 0 Å². The van der Waals surface area contributed by atoms with E-state index in [4.69, 9.17) is 9.52 Å². The Kier molecular flexibility index (Phi) is 4.33. The van der Waals surface area contributed by atoms with Crippen LogP contribution >= 0.6 is 0 Å². The van der Waals surface area contributed by atoms with Gasteiger partial charge in [-0.3, -0.25) is 0 Å². The van der Waals surface area contributed by atoms with E-state index in [1.54, 1.807) is 6.07 Å². The molecular formula is C10H16N2O3. The number of carboxylic acid groups (broad SMARTS) is 1. The van der Waals surface area contributed by atoms with Gasteiger partial charge >= 0.3 is 5.97 Å². The molecule has 2 N–H and O–H groups in total. The summed E-state index contributed by atoms with van der Waals surface area (Å²) in [4.78, 5) is 12.8. The number of nitrogens with one attached hydrogen (secondary N) is 1. The first-order chi connectivity index (χ1) is 7.15. The highest BCUT2D eigenvalue weighted by molar-refractivity contribution is 5.86. The molecule has 0 aliphatic rings. The fraction of sp³-hybridized carbons (Fsp3) is 0.500. The van der Waals surface area contributed by atoms with Crippen LogP contribution in [0.25, 0.3) is 0 Å². The van der Waals surface area contributed by atoms with Gasteiger partial charge in [-0.25, -0.2) is 4.79 Å². The lowest BCUT2D eigenvalue weighted by Gasteiger charge is -2.15. The van der Waals surface area contributed by atoms with Gasteiger partial charge in [-0.05, 0) is 20.2 Å². The van der Waals surface area contributed by atoms with Crippen molar-refractivity contribution < 1.29 is 14.3 Å². The van der Waals surface area contributed by atoms with E-state index in [1.807, 2.05) is 19.0 Å². The Hall–Kier alpha value is -1.33. The van der Waals surface area contributed by atoms with Gasteiger partial charge in [-0.15, -0.1) is 0 Å². The molecule has 0 unspecified atom stereocenters. The van der Waals surface area contributed by atoms with Crippen molar-refractivity contribution in [1.29, 1.82) is 0 Å². The number of carboxylic acids is 1. The van der Waals surface area contributed by atoms with Crippen molar-refractivity contribution in [2.24, 2.45) is 0 Å². The maximum absolute atomic E-state index is 10.8. The van der Waals surface area contributed by atoms with E-state index in [0.717, 1.165) is 13.1 Å². The first-order valence-corrected chi connectivity index (χ1v) is 4.78. The molecule has 1 aromatic heterocycles. The number of aromatic carboxylic acids is 1. The SMILES string of the molecule is CNCCN(C)Cc1ccoc1C(=O)O. The summed E-state index contributed by atoms with van der Waals surface area (Å²) in [7, 11) is 3.82. The van der Waals surface area contributed by atoms with Crippen LogP contribution in [0.5, 0.6) is 0 Å². The third kappa shape index (κ3) is 3.38. The van der Waals surface area contributed by atoms with Crippen molar-refractivity contribution in [1.82, 2.24) is 10.2 Å². The lowest BCUT2D eigenvalue weighted by Crippen LogP contribution is -2.27. The normalized spacial score (nSPS) is 10.9. The highest BCUT2D eigenvalue weighted by Gasteiger charge is 2.14. The van der Waals surface area contributed by atoms with Crippen LogP contribution in [0.15, 0.2) is 16.7 Å². The molecule has 84 valence electrons. The predicted molar refractivity (Wildman–Crippen MR) is 55.9 cm³/mol. The van der Waals surface area contributed by atoms with Gasteiger partial charge in [0.05, 0.1) is 6.26 Å². The average Bonchev–Trinajstić information content (AvgIpc) is 2.62. The van der Waals surface area contributed by atoms with Crippen molar-refractivity contribution in [2.75, 3.05) is 27.2 Å². The van der Waals surface area contributed by atoms with Crippen LogP contribution in [-0.4, -0.2) is 43.2 Å². The first-order valence-electron chi connectivity index (χ1n) is 4.78. The van der Waals surface area contributed by atoms with Crippen LogP contribution < -0.4 is 5.32 Å². The summed E-state index contributed by atoms with van der Waals surface area (Å²) < 4.78 is 4.89. The quantitative estimate of drug-likeness (QED) is 0.724. The molecular weight excluding hydrogens is 196 g/mol. The molecule has 1 aromatic rings. The van der Waals surface area contributed by atoms with Crippen LogP contribution in [0.3, 0.4) is 0 Å². The lowest BCUT2D eigenvalue weighted by atomic mass is 10.2. The summed E-state index contributed by atoms with van der Waals surface area (Å²) in [6.45, 7) is 2.32. The topological polar surface area (TPSA) is 65.7 Å². The molecule has 0 aliphatic heterocycles. The second kappa shape index (κ2) is 5.53. The zero-order valence-corrected chi connectivity index (χ0v) is 8.99. The average molecular weight is 212 g/mol. The standard InChI is InChI=1S/C10H16N2O3/c1-11-4-5-12(2)7-8-3-6-15-9(8)10(13)14/h3,6,11H,4-5,7H2,1-2H3,(H,13,14). The van der Waals surface area contributed by atoms with E-state index in [2.05, 4.69) is 5.32 Å². The second-order valence-corrected chi connectivity index (χ2v) is 3.42. The molecule has 1 heterocycles. The van der Waals surface area contributed by atoms with Gasteiger partial charge in [0.25, 0.3) is 0 Å². The predicted octanol–water partition coefficient (Wildman–Crippen LogP) is 0.629. The Morgan fingerprint density at radius 2 is 2.40 bits per heavy atom. The maximum atomic E-state index is 10.8. The zero-order valence-electron chi connectivity index (χ0n) is 8.99. The maximum Gasteiger partial charge on any atom is 0.372 e. The van der Waals surface area contributed by atoms with E-state index in [1.165, 1.54) is 6.26 Å². The first kappa shape index (κ1) is 11.7. The molecule has 0 spiro atoms. The molecule has 1 rings (SSSR count). The monoisotopic (exact) mass is 212 g/mol. The van der Waals surface area contributed by atoms with Crippen molar-refractivity contribution in [3.63, 3.8) is 0 Å². The molecule has 5 heteroatoms. The third-order valence-electron chi connectivity index (χ3n) is 2.12. The number of likely N-dealkylation sites (N-methyl/N-ethyl adjacent to an activating group) is 2. The van der Waals surface area contributed by atoms with Crippen LogP contribution in [0.1, 0.15) is 16.1 Å². The summed E-state index contributed by atoms with van der Waals surface area (Å²) in [6, 6.07) is 1.69. The van der Waals surface area contributed by atoms with Gasteiger partial charge in [-0.2, -0.15) is 0 Å². The molecule has 0 bridgehead atoms. The van der Waals surface area contributed by atoms with Gasteiger partial charge in [0.15, 0.2) is 0 Å². The Bertz CT molecular complexity index is 322. The van der Waals surface area contributed by atoms with Gasteiger partial charge < -0.3 is 19.7 Å². The van der Waals surface area contributed by atoms with Crippen molar-refractivity contribution in [2.45, 2.75) is 6.54 Å². The molecule has 0 aromatic carbocycles. The van der Waals surface area contributed by atoms with Gasteiger partial charge in [-0.1, -0.05) is 0 Å². The van der Waals surface area contributed by atoms with Crippen LogP contribution in [0, 0.1) is 0 Å². The van der Waals surface area contributed by atoms with Gasteiger partial charge in [0, 0.05) is 25.2 Å². The minimum atomic E-state index is -1.02. The molecule has 0 saturated heterocycles. The summed E-state index contributed by atoms with van der Waals surface area (Å²) in [6.07, 6.45) is 1.41.